The summed E-state index contributed by atoms with van der Waals surface area (Å²) in [7, 11) is 0. The first kappa shape index (κ1) is 21.7. The number of hydrogen-bond donors (Lipinski definition) is 3. The van der Waals surface area contributed by atoms with Crippen LogP contribution in [-0.4, -0.2) is 39.5 Å². The van der Waals surface area contributed by atoms with E-state index in [9.17, 15) is 4.79 Å². The lowest BCUT2D eigenvalue weighted by Gasteiger charge is -2.44. The predicted molar refractivity (Wildman–Crippen MR) is 124 cm³/mol. The molecule has 1 saturated heterocycles. The molecule has 4 atom stereocenters. The minimum atomic E-state index is 0.0900. The van der Waals surface area contributed by atoms with Gasteiger partial charge in [0.25, 0.3) is 0 Å². The van der Waals surface area contributed by atoms with E-state index in [1.165, 1.54) is 31.2 Å². The van der Waals surface area contributed by atoms with Crippen LogP contribution in [0.2, 0.25) is 5.02 Å². The number of carbonyl (C=O) groups is 1. The largest absolute Gasteiger partial charge is 0.356 e. The maximum atomic E-state index is 12.3. The van der Waals surface area contributed by atoms with Crippen LogP contribution in [0.15, 0.2) is 24.3 Å². The molecule has 2 aromatic rings. The van der Waals surface area contributed by atoms with Gasteiger partial charge in [0.2, 0.25) is 11.9 Å². The first-order valence-electron chi connectivity index (χ1n) is 11.9. The molecule has 4 unspecified atom stereocenters. The monoisotopic (exact) mass is 457 g/mol. The number of halogens is 1. The number of carbonyl (C=O) groups excluding carboxylic acids is 1. The van der Waals surface area contributed by atoms with Gasteiger partial charge in [0.1, 0.15) is 12.0 Å². The number of amides is 1. The normalized spacial score (nSPS) is 26.4. The summed E-state index contributed by atoms with van der Waals surface area (Å²) in [6, 6.07) is 8.20. The third kappa shape index (κ3) is 4.36. The standard InChI is InChI=1S/C23H32ClN7O/c1-15-26-22-18-5-2-3-6-19(18)30-20(27-28-23(30)31(22)29-15)7-4-8-21(32)25-14-13-16-9-11-17(24)12-10-16/h9-12,15,18-19,22,26,29H,2-8,13-14H2,1H3,(H,25,32). The van der Waals surface area contributed by atoms with Gasteiger partial charge in [-0.25, -0.2) is 5.43 Å². The van der Waals surface area contributed by atoms with Crippen LogP contribution < -0.4 is 21.1 Å². The van der Waals surface area contributed by atoms with Crippen LogP contribution >= 0.6 is 11.6 Å². The number of anilines is 1. The van der Waals surface area contributed by atoms with Crippen LogP contribution in [0.3, 0.4) is 0 Å². The van der Waals surface area contributed by atoms with Crippen LogP contribution in [0.5, 0.6) is 0 Å². The Morgan fingerprint density at radius 1 is 1.19 bits per heavy atom. The lowest BCUT2D eigenvalue weighted by atomic mass is 9.81. The molecule has 8 nitrogen and oxygen atoms in total. The Bertz CT molecular complexity index is 946. The molecule has 172 valence electrons. The topological polar surface area (TPSA) is 87.1 Å². The van der Waals surface area contributed by atoms with Gasteiger partial charge in [0.05, 0.1) is 6.17 Å². The van der Waals surface area contributed by atoms with Gasteiger partial charge in [0, 0.05) is 36.4 Å². The second-order valence-electron chi connectivity index (χ2n) is 9.21. The molecule has 3 heterocycles. The number of benzene rings is 1. The molecule has 1 saturated carbocycles. The van der Waals surface area contributed by atoms with Gasteiger partial charge in [-0.3, -0.25) is 19.7 Å². The van der Waals surface area contributed by atoms with Crippen molar-refractivity contribution >= 4 is 23.5 Å². The highest BCUT2D eigenvalue weighted by Gasteiger charge is 2.47. The number of rotatable bonds is 7. The van der Waals surface area contributed by atoms with E-state index in [1.807, 2.05) is 24.3 Å². The Kier molecular flexibility index (Phi) is 6.35. The van der Waals surface area contributed by atoms with Crippen molar-refractivity contribution in [1.29, 1.82) is 0 Å². The highest BCUT2D eigenvalue weighted by molar-refractivity contribution is 6.30. The van der Waals surface area contributed by atoms with Crippen molar-refractivity contribution in [3.05, 3.63) is 40.7 Å². The van der Waals surface area contributed by atoms with Crippen molar-refractivity contribution in [3.8, 4) is 0 Å². The molecule has 0 spiro atoms. The van der Waals surface area contributed by atoms with Crippen LogP contribution in [0.1, 0.15) is 62.9 Å². The average molecular weight is 458 g/mol. The summed E-state index contributed by atoms with van der Waals surface area (Å²) in [6.45, 7) is 2.78. The van der Waals surface area contributed by atoms with Crippen LogP contribution in [0.4, 0.5) is 5.95 Å². The SMILES string of the molecule is CC1NC2C3CCCCC3n3c(CCCC(=O)NCCc4ccc(Cl)cc4)nnc3N2N1. The lowest BCUT2D eigenvalue weighted by molar-refractivity contribution is -0.121. The molecule has 1 aliphatic carbocycles. The highest BCUT2D eigenvalue weighted by Crippen LogP contribution is 2.44. The summed E-state index contributed by atoms with van der Waals surface area (Å²) >= 11 is 5.92. The van der Waals surface area contributed by atoms with Crippen molar-refractivity contribution in [1.82, 2.24) is 30.8 Å². The van der Waals surface area contributed by atoms with E-state index in [-0.39, 0.29) is 18.2 Å². The molecular weight excluding hydrogens is 426 g/mol. The molecule has 3 aliphatic rings. The lowest BCUT2D eigenvalue weighted by Crippen LogP contribution is -2.53. The summed E-state index contributed by atoms with van der Waals surface area (Å²) in [5.74, 6) is 2.56. The third-order valence-corrected chi connectivity index (χ3v) is 7.22. The minimum absolute atomic E-state index is 0.0900. The van der Waals surface area contributed by atoms with Crippen molar-refractivity contribution in [3.63, 3.8) is 0 Å². The van der Waals surface area contributed by atoms with E-state index in [0.717, 1.165) is 36.1 Å². The molecule has 2 fully saturated rings. The number of hydrogen-bond acceptors (Lipinski definition) is 6. The molecule has 1 aromatic carbocycles. The number of aromatic nitrogens is 3. The van der Waals surface area contributed by atoms with Crippen molar-refractivity contribution in [2.75, 3.05) is 11.6 Å². The molecule has 9 heteroatoms. The molecule has 5 rings (SSSR count). The molecule has 0 bridgehead atoms. The fourth-order valence-corrected chi connectivity index (χ4v) is 5.59. The number of nitrogens with one attached hydrogen (secondary N) is 3. The van der Waals surface area contributed by atoms with Gasteiger partial charge in [-0.2, -0.15) is 0 Å². The van der Waals surface area contributed by atoms with E-state index in [4.69, 9.17) is 11.6 Å². The van der Waals surface area contributed by atoms with E-state index in [0.29, 0.717) is 24.9 Å². The minimum Gasteiger partial charge on any atom is -0.356 e. The molecule has 0 radical (unpaired) electrons. The zero-order valence-electron chi connectivity index (χ0n) is 18.6. The van der Waals surface area contributed by atoms with E-state index in [1.54, 1.807) is 0 Å². The second kappa shape index (κ2) is 9.37. The molecule has 2 aliphatic heterocycles. The van der Waals surface area contributed by atoms with E-state index < -0.39 is 0 Å². The average Bonchev–Trinajstić information content (AvgIpc) is 3.39. The zero-order valence-corrected chi connectivity index (χ0v) is 19.3. The van der Waals surface area contributed by atoms with Crippen LogP contribution in [0.25, 0.3) is 0 Å². The molecule has 3 N–H and O–H groups in total. The second-order valence-corrected chi connectivity index (χ2v) is 9.65. The fourth-order valence-electron chi connectivity index (χ4n) is 5.46. The van der Waals surface area contributed by atoms with Gasteiger partial charge < -0.3 is 5.32 Å². The maximum Gasteiger partial charge on any atom is 0.243 e. The van der Waals surface area contributed by atoms with E-state index >= 15 is 0 Å². The maximum absolute atomic E-state index is 12.3. The zero-order chi connectivity index (χ0) is 22.1. The summed E-state index contributed by atoms with van der Waals surface area (Å²) < 4.78 is 2.35. The first-order valence-corrected chi connectivity index (χ1v) is 12.2. The number of hydrazine groups is 1. The number of fused-ring (bicyclic) bond motifs is 6. The fraction of sp³-hybridized carbons (Fsp3) is 0.609. The Labute approximate surface area is 194 Å². The molecular formula is C23H32ClN7O. The van der Waals surface area contributed by atoms with Crippen molar-refractivity contribution in [2.24, 2.45) is 5.92 Å². The number of aryl methyl sites for hydroxylation is 1. The highest BCUT2D eigenvalue weighted by atomic mass is 35.5. The molecule has 1 aromatic heterocycles. The molecule has 1 amide bonds. The van der Waals surface area contributed by atoms with Crippen molar-refractivity contribution < 1.29 is 4.79 Å². The van der Waals surface area contributed by atoms with Gasteiger partial charge in [-0.1, -0.05) is 36.6 Å². The first-order chi connectivity index (χ1) is 15.6. The summed E-state index contributed by atoms with van der Waals surface area (Å²) in [5, 5.41) is 18.7. The summed E-state index contributed by atoms with van der Waals surface area (Å²) in [5.41, 5.74) is 4.67. The third-order valence-electron chi connectivity index (χ3n) is 6.97. The Hall–Kier alpha value is -2.16. The quantitative estimate of drug-likeness (QED) is 0.592. The Morgan fingerprint density at radius 3 is 2.84 bits per heavy atom. The Morgan fingerprint density at radius 2 is 2.00 bits per heavy atom. The predicted octanol–water partition coefficient (Wildman–Crippen LogP) is 2.94. The van der Waals surface area contributed by atoms with Gasteiger partial charge in [-0.15, -0.1) is 10.2 Å². The smallest absolute Gasteiger partial charge is 0.243 e. The van der Waals surface area contributed by atoms with Gasteiger partial charge in [0.15, 0.2) is 0 Å². The van der Waals surface area contributed by atoms with E-state index in [2.05, 4.69) is 42.8 Å². The number of nitrogens with zero attached hydrogens (tertiary/aromatic N) is 4. The van der Waals surface area contributed by atoms with Gasteiger partial charge >= 0.3 is 0 Å². The van der Waals surface area contributed by atoms with Gasteiger partial charge in [-0.05, 0) is 50.3 Å². The summed E-state index contributed by atoms with van der Waals surface area (Å²) in [6.07, 6.45) is 8.29. The van der Waals surface area contributed by atoms with Crippen LogP contribution in [0, 0.1) is 5.92 Å². The molecule has 32 heavy (non-hydrogen) atoms. The van der Waals surface area contributed by atoms with Crippen molar-refractivity contribution in [2.45, 2.75) is 76.7 Å². The Balaban J connectivity index is 1.16. The summed E-state index contributed by atoms with van der Waals surface area (Å²) in [4.78, 5) is 12.3. The van der Waals surface area contributed by atoms with Crippen LogP contribution in [-0.2, 0) is 17.6 Å².